The van der Waals surface area contributed by atoms with Gasteiger partial charge < -0.3 is 0 Å². The van der Waals surface area contributed by atoms with Gasteiger partial charge >= 0.3 is 0 Å². The van der Waals surface area contributed by atoms with Crippen LogP contribution in [0.3, 0.4) is 0 Å². The fourth-order valence-corrected chi connectivity index (χ4v) is 6.43. The van der Waals surface area contributed by atoms with E-state index in [-0.39, 0.29) is 36.0 Å². The highest BCUT2D eigenvalue weighted by molar-refractivity contribution is 7.89. The Hall–Kier alpha value is -2.00. The van der Waals surface area contributed by atoms with Crippen molar-refractivity contribution in [3.8, 4) is 0 Å². The van der Waals surface area contributed by atoms with Gasteiger partial charge in [0.05, 0.1) is 9.79 Å². The van der Waals surface area contributed by atoms with E-state index >= 15 is 0 Å². The second kappa shape index (κ2) is 6.81. The molecule has 8 heteroatoms. The number of benzene rings is 2. The first-order chi connectivity index (χ1) is 13.2. The quantitative estimate of drug-likeness (QED) is 0.714. The summed E-state index contributed by atoms with van der Waals surface area (Å²) in [4.78, 5) is 0.534. The Balaban J connectivity index is 1.49. The highest BCUT2D eigenvalue weighted by Crippen LogP contribution is 2.32. The molecule has 0 spiro atoms. The molecule has 2 aromatic carbocycles. The molecule has 0 saturated carbocycles. The van der Waals surface area contributed by atoms with E-state index in [2.05, 4.69) is 0 Å². The molecule has 0 N–H and O–H groups in total. The molecule has 0 amide bonds. The van der Waals surface area contributed by atoms with Gasteiger partial charge in [-0.3, -0.25) is 0 Å². The van der Waals surface area contributed by atoms with Crippen molar-refractivity contribution in [3.63, 3.8) is 0 Å². The second-order valence-corrected chi connectivity index (χ2v) is 11.3. The maximum Gasteiger partial charge on any atom is 0.243 e. The van der Waals surface area contributed by atoms with Crippen LogP contribution in [0.15, 0.2) is 69.5 Å². The first-order valence-corrected chi connectivity index (χ1v) is 11.9. The van der Waals surface area contributed by atoms with E-state index in [1.54, 1.807) is 48.5 Å². The molecule has 0 unspecified atom stereocenters. The van der Waals surface area contributed by atoms with Crippen molar-refractivity contribution in [1.82, 2.24) is 8.61 Å². The predicted octanol–water partition coefficient (Wildman–Crippen LogP) is 2.31. The molecule has 0 atom stereocenters. The Morgan fingerprint density at radius 3 is 1.14 bits per heavy atom. The van der Waals surface area contributed by atoms with Crippen molar-refractivity contribution >= 4 is 20.0 Å². The van der Waals surface area contributed by atoms with Crippen molar-refractivity contribution < 1.29 is 16.8 Å². The van der Waals surface area contributed by atoms with E-state index in [9.17, 15) is 16.8 Å². The minimum Gasteiger partial charge on any atom is -0.207 e. The minimum atomic E-state index is -3.58. The van der Waals surface area contributed by atoms with Gasteiger partial charge in [0.2, 0.25) is 20.0 Å². The van der Waals surface area contributed by atoms with Crippen LogP contribution in [0.4, 0.5) is 0 Å². The van der Waals surface area contributed by atoms with Crippen LogP contribution in [0.25, 0.3) is 0 Å². The predicted molar refractivity (Wildman–Crippen MR) is 107 cm³/mol. The normalized spacial score (nSPS) is 18.6. The summed E-state index contributed by atoms with van der Waals surface area (Å²) in [6.45, 7) is 4.78. The molecule has 28 heavy (non-hydrogen) atoms. The van der Waals surface area contributed by atoms with Crippen LogP contribution in [-0.2, 0) is 20.0 Å². The largest absolute Gasteiger partial charge is 0.243 e. The lowest BCUT2D eigenvalue weighted by Crippen LogP contribution is -2.36. The van der Waals surface area contributed by atoms with Gasteiger partial charge in [-0.1, -0.05) is 35.4 Å². The molecule has 2 aliphatic heterocycles. The summed E-state index contributed by atoms with van der Waals surface area (Å²) in [6, 6.07) is 13.6. The first-order valence-electron chi connectivity index (χ1n) is 9.01. The zero-order valence-corrected chi connectivity index (χ0v) is 17.4. The highest BCUT2D eigenvalue weighted by Gasteiger charge is 2.40. The van der Waals surface area contributed by atoms with Crippen molar-refractivity contribution in [1.29, 1.82) is 0 Å². The number of sulfonamides is 2. The molecule has 0 saturated heterocycles. The van der Waals surface area contributed by atoms with Gasteiger partial charge in [-0.15, -0.1) is 0 Å². The summed E-state index contributed by atoms with van der Waals surface area (Å²) in [5, 5.41) is 0. The molecular formula is C20H22N2O4S2. The van der Waals surface area contributed by atoms with Gasteiger partial charge in [-0.05, 0) is 49.3 Å². The van der Waals surface area contributed by atoms with E-state index in [1.807, 2.05) is 13.8 Å². The fourth-order valence-electron chi connectivity index (χ4n) is 3.57. The summed E-state index contributed by atoms with van der Waals surface area (Å²) in [7, 11) is -7.17. The average Bonchev–Trinajstić information content (AvgIpc) is 3.22. The third-order valence-corrected chi connectivity index (χ3v) is 8.90. The zero-order valence-electron chi connectivity index (χ0n) is 15.8. The highest BCUT2D eigenvalue weighted by atomic mass is 32.2. The lowest BCUT2D eigenvalue weighted by molar-refractivity contribution is 0.435. The Morgan fingerprint density at radius 1 is 0.571 bits per heavy atom. The standard InChI is InChI=1S/C20H22N2O4S2/c1-15-3-7-19(8-4-15)27(23,24)21-11-17-13-22(14-18(17)12-21)28(25,26)20-9-5-16(2)6-10-20/h3-10H,11-14H2,1-2H3. The number of nitrogens with zero attached hydrogens (tertiary/aromatic N) is 2. The van der Waals surface area contributed by atoms with Crippen molar-refractivity contribution in [2.75, 3.05) is 26.2 Å². The van der Waals surface area contributed by atoms with E-state index in [0.717, 1.165) is 22.3 Å². The number of aryl methyl sites for hydroxylation is 2. The van der Waals surface area contributed by atoms with Gasteiger partial charge in [0.15, 0.2) is 0 Å². The minimum absolute atomic E-state index is 0.242. The van der Waals surface area contributed by atoms with E-state index in [4.69, 9.17) is 0 Å². The van der Waals surface area contributed by atoms with Crippen molar-refractivity contribution in [2.45, 2.75) is 23.6 Å². The third kappa shape index (κ3) is 3.30. The molecule has 0 radical (unpaired) electrons. The summed E-state index contributed by atoms with van der Waals surface area (Å²) in [6.07, 6.45) is 0. The molecule has 2 aliphatic rings. The van der Waals surface area contributed by atoms with Crippen molar-refractivity contribution in [3.05, 3.63) is 70.8 Å². The van der Waals surface area contributed by atoms with Gasteiger partial charge in [0.1, 0.15) is 0 Å². The van der Waals surface area contributed by atoms with Gasteiger partial charge in [0.25, 0.3) is 0 Å². The second-order valence-electron chi connectivity index (χ2n) is 7.38. The SMILES string of the molecule is Cc1ccc(S(=O)(=O)N2CC3=C(C2)CN(S(=O)(=O)c2ccc(C)cc2)C3)cc1. The van der Waals surface area contributed by atoms with Gasteiger partial charge in [-0.2, -0.15) is 8.61 Å². The Bertz CT molecular complexity index is 1040. The number of hydrogen-bond donors (Lipinski definition) is 0. The topological polar surface area (TPSA) is 74.8 Å². The molecule has 0 aromatic heterocycles. The maximum atomic E-state index is 12.9. The third-order valence-electron chi connectivity index (χ3n) is 5.29. The van der Waals surface area contributed by atoms with Crippen LogP contribution in [0.1, 0.15) is 11.1 Å². The van der Waals surface area contributed by atoms with Crippen LogP contribution in [0.2, 0.25) is 0 Å². The molecule has 0 bridgehead atoms. The molecular weight excluding hydrogens is 396 g/mol. The lowest BCUT2D eigenvalue weighted by atomic mass is 10.2. The summed E-state index contributed by atoms with van der Waals surface area (Å²) in [5.74, 6) is 0. The maximum absolute atomic E-state index is 12.9. The zero-order chi connectivity index (χ0) is 20.1. The summed E-state index contributed by atoms with van der Waals surface area (Å²) >= 11 is 0. The number of hydrogen-bond acceptors (Lipinski definition) is 4. The van der Waals surface area contributed by atoms with E-state index in [1.165, 1.54) is 8.61 Å². The first kappa shape index (κ1) is 19.3. The lowest BCUT2D eigenvalue weighted by Gasteiger charge is -2.22. The average molecular weight is 419 g/mol. The van der Waals surface area contributed by atoms with E-state index in [0.29, 0.717) is 0 Å². The Labute approximate surface area is 166 Å². The van der Waals surface area contributed by atoms with E-state index < -0.39 is 20.0 Å². The van der Waals surface area contributed by atoms with Gasteiger partial charge in [-0.25, -0.2) is 16.8 Å². The van der Waals surface area contributed by atoms with Crippen LogP contribution in [0.5, 0.6) is 0 Å². The fraction of sp³-hybridized carbons (Fsp3) is 0.300. The molecule has 6 nitrogen and oxygen atoms in total. The monoisotopic (exact) mass is 418 g/mol. The molecule has 2 heterocycles. The van der Waals surface area contributed by atoms with Gasteiger partial charge in [0, 0.05) is 26.2 Å². The van der Waals surface area contributed by atoms with Crippen LogP contribution in [-0.4, -0.2) is 51.6 Å². The molecule has 148 valence electrons. The smallest absolute Gasteiger partial charge is 0.207 e. The molecule has 2 aromatic rings. The van der Waals surface area contributed by atoms with Crippen LogP contribution >= 0.6 is 0 Å². The Kier molecular flexibility index (Phi) is 4.70. The number of rotatable bonds is 4. The summed E-state index contributed by atoms with van der Waals surface area (Å²) < 4.78 is 54.4. The molecule has 0 aliphatic carbocycles. The van der Waals surface area contributed by atoms with Crippen LogP contribution in [0, 0.1) is 13.8 Å². The molecule has 4 rings (SSSR count). The Morgan fingerprint density at radius 2 is 0.857 bits per heavy atom. The summed E-state index contributed by atoms with van der Waals surface area (Å²) in [5.41, 5.74) is 3.76. The molecule has 0 fully saturated rings. The van der Waals surface area contributed by atoms with Crippen LogP contribution < -0.4 is 0 Å². The van der Waals surface area contributed by atoms with Crippen molar-refractivity contribution in [2.24, 2.45) is 0 Å².